The van der Waals surface area contributed by atoms with Crippen LogP contribution in [0.15, 0.2) is 83.7 Å². The molecule has 5 aromatic rings. The first-order valence-electron chi connectivity index (χ1n) is 13.6. The van der Waals surface area contributed by atoms with E-state index < -0.39 is 11.6 Å². The molecule has 3 aromatic carbocycles. The van der Waals surface area contributed by atoms with E-state index in [1.165, 1.54) is 5.56 Å². The van der Waals surface area contributed by atoms with Crippen molar-refractivity contribution in [3.8, 4) is 5.75 Å². The molecule has 5 rings (SSSR count). The first-order valence-corrected chi connectivity index (χ1v) is 13.6. The van der Waals surface area contributed by atoms with Crippen LogP contribution >= 0.6 is 0 Å². The maximum absolute atomic E-state index is 13.8. The molecule has 0 radical (unpaired) electrons. The van der Waals surface area contributed by atoms with Gasteiger partial charge in [-0.15, -0.1) is 5.10 Å². The number of rotatable bonds is 9. The Hall–Kier alpha value is -4.30. The van der Waals surface area contributed by atoms with Crippen LogP contribution in [0.25, 0.3) is 10.9 Å². The molecule has 0 saturated carbocycles. The lowest BCUT2D eigenvalue weighted by Crippen LogP contribution is -2.37. The van der Waals surface area contributed by atoms with E-state index in [-0.39, 0.29) is 5.56 Å². The summed E-state index contributed by atoms with van der Waals surface area (Å²) in [6.45, 7) is 9.46. The Morgan fingerprint density at radius 1 is 0.925 bits per heavy atom. The van der Waals surface area contributed by atoms with Crippen LogP contribution in [0.2, 0.25) is 0 Å². The molecule has 0 saturated heterocycles. The van der Waals surface area contributed by atoms with Crippen LogP contribution in [-0.4, -0.2) is 37.2 Å². The van der Waals surface area contributed by atoms with Gasteiger partial charge in [0.25, 0.3) is 5.56 Å². The lowest BCUT2D eigenvalue weighted by Gasteiger charge is -2.33. The summed E-state index contributed by atoms with van der Waals surface area (Å²) in [6, 6.07) is 26.0. The van der Waals surface area contributed by atoms with Crippen molar-refractivity contribution in [2.24, 2.45) is 0 Å². The summed E-state index contributed by atoms with van der Waals surface area (Å²) in [5, 5.41) is 14.0. The molecule has 0 aliphatic heterocycles. The Labute approximate surface area is 234 Å². The monoisotopic (exact) mass is 536 g/mol. The molecule has 0 fully saturated rings. The summed E-state index contributed by atoms with van der Waals surface area (Å²) in [6.07, 6.45) is 0.910. The third-order valence-electron chi connectivity index (χ3n) is 7.15. The quantitative estimate of drug-likeness (QED) is 0.263. The zero-order valence-corrected chi connectivity index (χ0v) is 23.8. The molecule has 8 nitrogen and oxygen atoms in total. The number of pyridine rings is 1. The third kappa shape index (κ3) is 5.82. The second-order valence-electron chi connectivity index (χ2n) is 11.1. The number of H-pyrrole nitrogens is 1. The van der Waals surface area contributed by atoms with E-state index in [4.69, 9.17) is 4.74 Å². The fourth-order valence-corrected chi connectivity index (χ4v) is 5.06. The molecule has 0 unspecified atom stereocenters. The van der Waals surface area contributed by atoms with Gasteiger partial charge in [-0.3, -0.25) is 9.69 Å². The minimum absolute atomic E-state index is 0.155. The number of aromatic nitrogens is 5. The van der Waals surface area contributed by atoms with Gasteiger partial charge in [0.15, 0.2) is 5.82 Å². The van der Waals surface area contributed by atoms with E-state index >= 15 is 0 Å². The maximum Gasteiger partial charge on any atom is 0.253 e. The van der Waals surface area contributed by atoms with Crippen LogP contribution in [0.3, 0.4) is 0 Å². The molecule has 40 heavy (non-hydrogen) atoms. The van der Waals surface area contributed by atoms with Gasteiger partial charge >= 0.3 is 0 Å². The number of aromatic amines is 1. The highest BCUT2D eigenvalue weighted by Crippen LogP contribution is 2.32. The summed E-state index contributed by atoms with van der Waals surface area (Å²) < 4.78 is 7.21. The van der Waals surface area contributed by atoms with Gasteiger partial charge in [0, 0.05) is 24.2 Å². The third-order valence-corrected chi connectivity index (χ3v) is 7.15. The normalized spacial score (nSPS) is 12.7. The minimum Gasteiger partial charge on any atom is -0.497 e. The van der Waals surface area contributed by atoms with Crippen molar-refractivity contribution in [3.63, 3.8) is 0 Å². The fourth-order valence-electron chi connectivity index (χ4n) is 5.06. The number of methoxy groups -OCH3 is 1. The molecule has 0 aliphatic carbocycles. The highest BCUT2D eigenvalue weighted by Gasteiger charge is 2.33. The summed E-state index contributed by atoms with van der Waals surface area (Å²) in [4.78, 5) is 19.2. The zero-order valence-electron chi connectivity index (χ0n) is 23.8. The van der Waals surface area contributed by atoms with Gasteiger partial charge in [-0.25, -0.2) is 4.68 Å². The number of nitrogens with zero attached hydrogens (tertiary/aromatic N) is 5. The first-order chi connectivity index (χ1) is 19.3. The van der Waals surface area contributed by atoms with E-state index in [2.05, 4.69) is 89.5 Å². The number of hydrogen-bond donors (Lipinski definition) is 1. The maximum atomic E-state index is 13.8. The van der Waals surface area contributed by atoms with Gasteiger partial charge in [-0.1, -0.05) is 55.5 Å². The molecule has 1 atom stereocenters. The molecule has 0 bridgehead atoms. The number of tetrazole rings is 1. The van der Waals surface area contributed by atoms with Crippen molar-refractivity contribution in [1.82, 2.24) is 30.1 Å². The van der Waals surface area contributed by atoms with Crippen molar-refractivity contribution in [2.45, 2.75) is 58.8 Å². The van der Waals surface area contributed by atoms with Gasteiger partial charge in [0.05, 0.1) is 12.6 Å². The Kier molecular flexibility index (Phi) is 7.80. The Morgan fingerprint density at radius 3 is 2.25 bits per heavy atom. The van der Waals surface area contributed by atoms with Crippen LogP contribution in [0.1, 0.15) is 61.8 Å². The van der Waals surface area contributed by atoms with E-state index in [0.29, 0.717) is 24.5 Å². The van der Waals surface area contributed by atoms with E-state index in [1.807, 2.05) is 47.1 Å². The lowest BCUT2D eigenvalue weighted by molar-refractivity contribution is 0.184. The Morgan fingerprint density at radius 2 is 1.60 bits per heavy atom. The second-order valence-corrected chi connectivity index (χ2v) is 11.1. The number of nitrogens with one attached hydrogen (secondary N) is 1. The highest BCUT2D eigenvalue weighted by atomic mass is 16.5. The first kappa shape index (κ1) is 27.3. The van der Waals surface area contributed by atoms with Crippen LogP contribution in [0.4, 0.5) is 0 Å². The number of benzene rings is 3. The van der Waals surface area contributed by atoms with Crippen molar-refractivity contribution < 1.29 is 4.74 Å². The summed E-state index contributed by atoms with van der Waals surface area (Å²) in [7, 11) is 1.66. The topological polar surface area (TPSA) is 88.9 Å². The van der Waals surface area contributed by atoms with Gasteiger partial charge < -0.3 is 9.72 Å². The number of hydrogen-bond acceptors (Lipinski definition) is 6. The lowest BCUT2D eigenvalue weighted by atomic mass is 9.99. The Balaban J connectivity index is 1.72. The molecule has 0 aliphatic rings. The van der Waals surface area contributed by atoms with Crippen molar-refractivity contribution >= 4 is 10.9 Å². The van der Waals surface area contributed by atoms with Gasteiger partial charge in [0.2, 0.25) is 0 Å². The standard InChI is InChI=1S/C32H36N6O2/c1-6-22-14-17-28-25(18-22)19-27(31(39)33-28)29(30-34-35-36-38(30)32(2,3)4)37(20-23-10-8-7-9-11-23)21-24-12-15-26(40-5)16-13-24/h7-19,29H,6,20-21H2,1-5H3,(H,33,39)/t29-/m0/s1. The van der Waals surface area contributed by atoms with Gasteiger partial charge in [0.1, 0.15) is 11.8 Å². The average Bonchev–Trinajstić information content (AvgIpc) is 3.44. The largest absolute Gasteiger partial charge is 0.497 e. The SMILES string of the molecule is CCc1ccc2[nH]c(=O)c([C@@H](c3nnnn3C(C)(C)C)N(Cc3ccccc3)Cc3ccc(OC)cc3)cc2c1. The van der Waals surface area contributed by atoms with Crippen molar-refractivity contribution in [3.05, 3.63) is 117 Å². The van der Waals surface area contributed by atoms with Crippen molar-refractivity contribution in [1.29, 1.82) is 0 Å². The number of fused-ring (bicyclic) bond motifs is 1. The predicted molar refractivity (Wildman–Crippen MR) is 157 cm³/mol. The molecule has 2 heterocycles. The summed E-state index contributed by atoms with van der Waals surface area (Å²) in [5.74, 6) is 1.41. The van der Waals surface area contributed by atoms with Gasteiger partial charge in [-0.2, -0.15) is 0 Å². The summed E-state index contributed by atoms with van der Waals surface area (Å²) >= 11 is 0. The Bertz CT molecular complexity index is 1630. The van der Waals surface area contributed by atoms with E-state index in [9.17, 15) is 4.79 Å². The van der Waals surface area contributed by atoms with Crippen LogP contribution in [-0.2, 0) is 25.0 Å². The predicted octanol–water partition coefficient (Wildman–Crippen LogP) is 5.63. The average molecular weight is 537 g/mol. The van der Waals surface area contributed by atoms with Crippen LogP contribution < -0.4 is 10.3 Å². The highest BCUT2D eigenvalue weighted by molar-refractivity contribution is 5.80. The molecule has 0 amide bonds. The van der Waals surface area contributed by atoms with Gasteiger partial charge in [-0.05, 0) is 90.0 Å². The zero-order chi connectivity index (χ0) is 28.3. The van der Waals surface area contributed by atoms with Crippen molar-refractivity contribution in [2.75, 3.05) is 7.11 Å². The molecule has 2 aromatic heterocycles. The number of ether oxygens (including phenoxy) is 1. The molecule has 206 valence electrons. The molecular formula is C32H36N6O2. The van der Waals surface area contributed by atoms with E-state index in [0.717, 1.165) is 34.2 Å². The minimum atomic E-state index is -0.519. The molecule has 0 spiro atoms. The smallest absolute Gasteiger partial charge is 0.253 e. The molecular weight excluding hydrogens is 500 g/mol. The number of aryl methyl sites for hydroxylation is 1. The molecule has 8 heteroatoms. The van der Waals surface area contributed by atoms with Crippen LogP contribution in [0.5, 0.6) is 5.75 Å². The van der Waals surface area contributed by atoms with E-state index in [1.54, 1.807) is 7.11 Å². The second kappa shape index (κ2) is 11.4. The van der Waals surface area contributed by atoms with Crippen LogP contribution in [0, 0.1) is 0 Å². The fraction of sp³-hybridized carbons (Fsp3) is 0.312. The molecule has 1 N–H and O–H groups in total. The summed E-state index contributed by atoms with van der Waals surface area (Å²) in [5.41, 5.74) is 4.28.